The topological polar surface area (TPSA) is 38.2 Å². The molecule has 4 rings (SSSR count). The largest absolute Gasteiger partial charge is 0.378 e. The van der Waals surface area contributed by atoms with Crippen LogP contribution in [0.5, 0.6) is 0 Å². The lowest BCUT2D eigenvalue weighted by Crippen LogP contribution is -2.36. The maximum atomic E-state index is 14.1. The van der Waals surface area contributed by atoms with Crippen molar-refractivity contribution in [3.05, 3.63) is 54.6 Å². The summed E-state index contributed by atoms with van der Waals surface area (Å²) >= 11 is 0. The highest BCUT2D eigenvalue weighted by atomic mass is 19.1. The molecule has 1 fully saturated rings. The van der Waals surface area contributed by atoms with Crippen LogP contribution in [0.1, 0.15) is 0 Å². The van der Waals surface area contributed by atoms with E-state index in [0.29, 0.717) is 11.3 Å². The smallest absolute Gasteiger partial charge is 0.132 e. The van der Waals surface area contributed by atoms with Crippen LogP contribution in [0.4, 0.5) is 10.1 Å². The lowest BCUT2D eigenvalue weighted by molar-refractivity contribution is 0.122. The quantitative estimate of drug-likeness (QED) is 0.728. The Morgan fingerprint density at radius 2 is 1.83 bits per heavy atom. The zero-order chi connectivity index (χ0) is 15.6. The first-order valence-electron chi connectivity index (χ1n) is 7.65. The van der Waals surface area contributed by atoms with Gasteiger partial charge in [-0.3, -0.25) is 0 Å². The summed E-state index contributed by atoms with van der Waals surface area (Å²) < 4.78 is 19.5. The van der Waals surface area contributed by atoms with Crippen LogP contribution in [0.2, 0.25) is 0 Å². The molecule has 0 spiro atoms. The van der Waals surface area contributed by atoms with Gasteiger partial charge in [0.15, 0.2) is 0 Å². The molecule has 0 N–H and O–H groups in total. The fourth-order valence-corrected chi connectivity index (χ4v) is 2.93. The lowest BCUT2D eigenvalue weighted by Gasteiger charge is -2.29. The molecule has 2 aromatic carbocycles. The molecule has 5 heteroatoms. The maximum Gasteiger partial charge on any atom is 0.132 e. The molecule has 2 heterocycles. The van der Waals surface area contributed by atoms with E-state index in [4.69, 9.17) is 4.74 Å². The summed E-state index contributed by atoms with van der Waals surface area (Å²) in [5.74, 6) is -0.273. The van der Waals surface area contributed by atoms with Crippen molar-refractivity contribution in [2.75, 3.05) is 31.2 Å². The van der Waals surface area contributed by atoms with Gasteiger partial charge in [0.1, 0.15) is 12.1 Å². The SMILES string of the molecule is Fc1ccccc1-c1ncnc2cc(N3CCOCC3)ccc12. The third kappa shape index (κ3) is 2.64. The number of aromatic nitrogens is 2. The highest BCUT2D eigenvalue weighted by Gasteiger charge is 2.14. The third-order valence-electron chi connectivity index (χ3n) is 4.13. The van der Waals surface area contributed by atoms with Gasteiger partial charge in [0.25, 0.3) is 0 Å². The van der Waals surface area contributed by atoms with Gasteiger partial charge in [-0.2, -0.15) is 0 Å². The molecule has 0 aliphatic carbocycles. The summed E-state index contributed by atoms with van der Waals surface area (Å²) in [6.45, 7) is 3.22. The number of hydrogen-bond donors (Lipinski definition) is 0. The van der Waals surface area contributed by atoms with Gasteiger partial charge in [-0.05, 0) is 30.3 Å². The zero-order valence-corrected chi connectivity index (χ0v) is 12.6. The van der Waals surface area contributed by atoms with Gasteiger partial charge in [-0.25, -0.2) is 14.4 Å². The van der Waals surface area contributed by atoms with Gasteiger partial charge in [0.05, 0.1) is 24.4 Å². The molecular weight excluding hydrogens is 293 g/mol. The minimum absolute atomic E-state index is 0.273. The van der Waals surface area contributed by atoms with Crippen LogP contribution in [-0.2, 0) is 4.74 Å². The van der Waals surface area contributed by atoms with E-state index in [0.717, 1.165) is 42.9 Å². The molecule has 1 aromatic heterocycles. The number of nitrogens with zero attached hydrogens (tertiary/aromatic N) is 3. The molecule has 0 unspecified atom stereocenters. The van der Waals surface area contributed by atoms with Crippen LogP contribution in [-0.4, -0.2) is 36.3 Å². The van der Waals surface area contributed by atoms with Crippen LogP contribution in [0.3, 0.4) is 0 Å². The molecular formula is C18H16FN3O. The number of ether oxygens (including phenoxy) is 1. The minimum Gasteiger partial charge on any atom is -0.378 e. The monoisotopic (exact) mass is 309 g/mol. The molecule has 0 atom stereocenters. The minimum atomic E-state index is -0.273. The van der Waals surface area contributed by atoms with E-state index in [2.05, 4.69) is 14.9 Å². The molecule has 1 aliphatic heterocycles. The fraction of sp³-hybridized carbons (Fsp3) is 0.222. The Hall–Kier alpha value is -2.53. The second-order valence-corrected chi connectivity index (χ2v) is 5.50. The molecule has 0 amide bonds. The summed E-state index contributed by atoms with van der Waals surface area (Å²) in [6, 6.07) is 12.7. The Bertz CT molecular complexity index is 847. The summed E-state index contributed by atoms with van der Waals surface area (Å²) in [5.41, 5.74) is 3.06. The predicted molar refractivity (Wildman–Crippen MR) is 88.0 cm³/mol. The van der Waals surface area contributed by atoms with Crippen LogP contribution in [0.15, 0.2) is 48.8 Å². The van der Waals surface area contributed by atoms with Crippen molar-refractivity contribution in [2.45, 2.75) is 0 Å². The highest BCUT2D eigenvalue weighted by Crippen LogP contribution is 2.29. The third-order valence-corrected chi connectivity index (χ3v) is 4.13. The van der Waals surface area contributed by atoms with Crippen molar-refractivity contribution in [3.8, 4) is 11.3 Å². The lowest BCUT2D eigenvalue weighted by atomic mass is 10.1. The second-order valence-electron chi connectivity index (χ2n) is 5.50. The number of fused-ring (bicyclic) bond motifs is 1. The standard InChI is InChI=1S/C18H16FN3O/c19-16-4-2-1-3-14(16)18-15-6-5-13(11-17(15)20-12-21-18)22-7-9-23-10-8-22/h1-6,11-12H,7-10H2. The van der Waals surface area contributed by atoms with Gasteiger partial charge in [-0.15, -0.1) is 0 Å². The summed E-state index contributed by atoms with van der Waals surface area (Å²) in [5, 5.41) is 0.856. The first-order valence-corrected chi connectivity index (χ1v) is 7.65. The van der Waals surface area contributed by atoms with E-state index in [9.17, 15) is 4.39 Å². The van der Waals surface area contributed by atoms with Crippen LogP contribution in [0, 0.1) is 5.82 Å². The number of benzene rings is 2. The molecule has 23 heavy (non-hydrogen) atoms. The van der Waals surface area contributed by atoms with E-state index in [1.165, 1.54) is 12.4 Å². The summed E-state index contributed by atoms with van der Waals surface area (Å²) in [7, 11) is 0. The Labute approximate surface area is 133 Å². The Kier molecular flexibility index (Phi) is 3.63. The van der Waals surface area contributed by atoms with Crippen molar-refractivity contribution in [3.63, 3.8) is 0 Å². The number of rotatable bonds is 2. The van der Waals surface area contributed by atoms with Crippen molar-refractivity contribution >= 4 is 16.6 Å². The van der Waals surface area contributed by atoms with Crippen molar-refractivity contribution < 1.29 is 9.13 Å². The molecule has 0 radical (unpaired) electrons. The zero-order valence-electron chi connectivity index (χ0n) is 12.6. The Balaban J connectivity index is 1.81. The predicted octanol–water partition coefficient (Wildman–Crippen LogP) is 3.27. The summed E-state index contributed by atoms with van der Waals surface area (Å²) in [4.78, 5) is 10.9. The summed E-state index contributed by atoms with van der Waals surface area (Å²) in [6.07, 6.45) is 1.49. The van der Waals surface area contributed by atoms with E-state index >= 15 is 0 Å². The number of halogens is 1. The van der Waals surface area contributed by atoms with Gasteiger partial charge in [0, 0.05) is 29.7 Å². The van der Waals surface area contributed by atoms with Gasteiger partial charge in [-0.1, -0.05) is 12.1 Å². The maximum absolute atomic E-state index is 14.1. The van der Waals surface area contributed by atoms with Crippen molar-refractivity contribution in [1.29, 1.82) is 0 Å². The first-order chi connectivity index (χ1) is 11.3. The number of anilines is 1. The average Bonchev–Trinajstić information content (AvgIpc) is 2.62. The molecule has 1 aliphatic rings. The van der Waals surface area contributed by atoms with Crippen LogP contribution < -0.4 is 4.90 Å². The van der Waals surface area contributed by atoms with Gasteiger partial charge in [0.2, 0.25) is 0 Å². The molecule has 0 bridgehead atoms. The van der Waals surface area contributed by atoms with E-state index < -0.39 is 0 Å². The highest BCUT2D eigenvalue weighted by molar-refractivity contribution is 5.93. The second kappa shape index (κ2) is 5.93. The average molecular weight is 309 g/mol. The first kappa shape index (κ1) is 14.1. The molecule has 0 saturated carbocycles. The van der Waals surface area contributed by atoms with Crippen molar-refractivity contribution in [1.82, 2.24) is 9.97 Å². The fourth-order valence-electron chi connectivity index (χ4n) is 2.93. The van der Waals surface area contributed by atoms with E-state index in [1.807, 2.05) is 24.3 Å². The van der Waals surface area contributed by atoms with E-state index in [1.54, 1.807) is 12.1 Å². The Morgan fingerprint density at radius 3 is 2.65 bits per heavy atom. The molecule has 1 saturated heterocycles. The van der Waals surface area contributed by atoms with Gasteiger partial charge < -0.3 is 9.64 Å². The molecule has 116 valence electrons. The van der Waals surface area contributed by atoms with Crippen LogP contribution >= 0.6 is 0 Å². The molecule has 3 aromatic rings. The Morgan fingerprint density at radius 1 is 1.00 bits per heavy atom. The number of morpholine rings is 1. The van der Waals surface area contributed by atoms with Crippen molar-refractivity contribution in [2.24, 2.45) is 0 Å². The molecule has 4 nitrogen and oxygen atoms in total. The van der Waals surface area contributed by atoms with E-state index in [-0.39, 0.29) is 5.82 Å². The van der Waals surface area contributed by atoms with Crippen LogP contribution in [0.25, 0.3) is 22.2 Å². The number of hydrogen-bond acceptors (Lipinski definition) is 4. The normalized spacial score (nSPS) is 15.1. The van der Waals surface area contributed by atoms with Gasteiger partial charge >= 0.3 is 0 Å².